The lowest BCUT2D eigenvalue weighted by atomic mass is 10.0. The van der Waals surface area contributed by atoms with Crippen molar-refractivity contribution in [2.75, 3.05) is 6.61 Å². The van der Waals surface area contributed by atoms with E-state index < -0.39 is 0 Å². The molecule has 0 spiro atoms. The van der Waals surface area contributed by atoms with Gasteiger partial charge in [-0.1, -0.05) is 42.5 Å². The number of imidazole rings is 1. The van der Waals surface area contributed by atoms with E-state index in [9.17, 15) is 5.11 Å². The number of benzene rings is 2. The van der Waals surface area contributed by atoms with Crippen LogP contribution in [0.2, 0.25) is 0 Å². The van der Waals surface area contributed by atoms with Crippen molar-refractivity contribution in [1.29, 1.82) is 0 Å². The molecule has 2 N–H and O–H groups in total. The van der Waals surface area contributed by atoms with Crippen molar-refractivity contribution in [2.45, 2.75) is 18.3 Å². The number of fused-ring (bicyclic) bond motifs is 1. The maximum absolute atomic E-state index is 9.50. The second kappa shape index (κ2) is 4.18. The summed E-state index contributed by atoms with van der Waals surface area (Å²) in [5.74, 6) is 0.919. The van der Waals surface area contributed by atoms with Gasteiger partial charge in [-0.25, -0.2) is 4.98 Å². The van der Waals surface area contributed by atoms with Crippen LogP contribution in [0.5, 0.6) is 0 Å². The molecule has 3 nitrogen and oxygen atoms in total. The van der Waals surface area contributed by atoms with Crippen molar-refractivity contribution in [3.05, 3.63) is 54.5 Å². The first-order valence-electron chi connectivity index (χ1n) is 6.97. The minimum Gasteiger partial charge on any atom is -0.395 e. The molecule has 1 fully saturated rings. The number of aliphatic hydroxyl groups is 1. The molecule has 0 bridgehead atoms. The second-order valence-electron chi connectivity index (χ2n) is 5.61. The Labute approximate surface area is 117 Å². The molecule has 0 atom stereocenters. The first kappa shape index (κ1) is 11.7. The zero-order valence-electron chi connectivity index (χ0n) is 11.1. The van der Waals surface area contributed by atoms with Crippen LogP contribution in [0.4, 0.5) is 0 Å². The number of hydrogen-bond donors (Lipinski definition) is 2. The van der Waals surface area contributed by atoms with Gasteiger partial charge in [-0.15, -0.1) is 0 Å². The maximum atomic E-state index is 9.50. The van der Waals surface area contributed by atoms with Gasteiger partial charge < -0.3 is 10.1 Å². The minimum absolute atomic E-state index is 0.108. The zero-order chi connectivity index (χ0) is 13.6. The molecular weight excluding hydrogens is 248 g/mol. The third-order valence-electron chi connectivity index (χ3n) is 4.31. The number of nitrogens with one attached hydrogen (secondary N) is 1. The Balaban J connectivity index is 1.84. The predicted octanol–water partition coefficient (Wildman–Crippen LogP) is 3.25. The van der Waals surface area contributed by atoms with Gasteiger partial charge in [0.15, 0.2) is 0 Å². The highest BCUT2D eigenvalue weighted by molar-refractivity contribution is 5.95. The Morgan fingerprint density at radius 3 is 2.70 bits per heavy atom. The van der Waals surface area contributed by atoms with Gasteiger partial charge >= 0.3 is 0 Å². The molecule has 1 aliphatic carbocycles. The molecule has 3 heteroatoms. The summed E-state index contributed by atoms with van der Waals surface area (Å²) in [4.78, 5) is 7.89. The van der Waals surface area contributed by atoms with Gasteiger partial charge in [-0.3, -0.25) is 0 Å². The van der Waals surface area contributed by atoms with Crippen LogP contribution in [-0.2, 0) is 5.41 Å². The van der Waals surface area contributed by atoms with E-state index in [1.807, 2.05) is 6.20 Å². The molecule has 100 valence electrons. The van der Waals surface area contributed by atoms with Gasteiger partial charge in [0.2, 0.25) is 0 Å². The number of aromatic amines is 1. The van der Waals surface area contributed by atoms with Gasteiger partial charge in [-0.05, 0) is 23.6 Å². The predicted molar refractivity (Wildman–Crippen MR) is 79.5 cm³/mol. The van der Waals surface area contributed by atoms with Gasteiger partial charge in [-0.2, -0.15) is 0 Å². The van der Waals surface area contributed by atoms with E-state index >= 15 is 0 Å². The average molecular weight is 264 g/mol. The molecule has 1 aromatic heterocycles. The van der Waals surface area contributed by atoms with Crippen molar-refractivity contribution >= 4 is 10.8 Å². The van der Waals surface area contributed by atoms with E-state index in [4.69, 9.17) is 0 Å². The van der Waals surface area contributed by atoms with E-state index in [-0.39, 0.29) is 12.0 Å². The van der Waals surface area contributed by atoms with E-state index in [0.717, 1.165) is 29.9 Å². The Kier molecular flexibility index (Phi) is 2.44. The normalized spacial score (nSPS) is 16.4. The van der Waals surface area contributed by atoms with Crippen LogP contribution in [-0.4, -0.2) is 21.7 Å². The fraction of sp³-hybridized carbons (Fsp3) is 0.235. The first-order chi connectivity index (χ1) is 9.82. The van der Waals surface area contributed by atoms with Crippen molar-refractivity contribution in [2.24, 2.45) is 0 Å². The molecule has 1 heterocycles. The van der Waals surface area contributed by atoms with Gasteiger partial charge in [0.25, 0.3) is 0 Å². The Bertz CT molecular complexity index is 766. The monoisotopic (exact) mass is 264 g/mol. The molecule has 1 aliphatic rings. The zero-order valence-corrected chi connectivity index (χ0v) is 11.1. The summed E-state index contributed by atoms with van der Waals surface area (Å²) >= 11 is 0. The minimum atomic E-state index is -0.108. The molecule has 2 aromatic carbocycles. The number of nitrogens with zero attached hydrogens (tertiary/aromatic N) is 1. The van der Waals surface area contributed by atoms with Crippen LogP contribution >= 0.6 is 0 Å². The highest BCUT2D eigenvalue weighted by Crippen LogP contribution is 2.46. The smallest absolute Gasteiger partial charge is 0.115 e. The first-order valence-corrected chi connectivity index (χ1v) is 6.97. The third kappa shape index (κ3) is 1.67. The van der Waals surface area contributed by atoms with Crippen LogP contribution in [0.1, 0.15) is 18.7 Å². The standard InChI is InChI=1S/C17H16N2O/c20-11-17(8-9-17)16-18-10-15(19-16)14-7-3-5-12-4-1-2-6-13(12)14/h1-7,10,20H,8-9,11H2,(H,18,19). The highest BCUT2D eigenvalue weighted by Gasteiger charge is 2.46. The van der Waals surface area contributed by atoms with E-state index in [1.54, 1.807) is 0 Å². The van der Waals surface area contributed by atoms with Crippen LogP contribution in [0.3, 0.4) is 0 Å². The molecule has 20 heavy (non-hydrogen) atoms. The fourth-order valence-electron chi connectivity index (χ4n) is 2.81. The summed E-state index contributed by atoms with van der Waals surface area (Å²) in [6, 6.07) is 14.6. The van der Waals surface area contributed by atoms with Crippen LogP contribution in [0.15, 0.2) is 48.7 Å². The van der Waals surface area contributed by atoms with Crippen LogP contribution in [0, 0.1) is 0 Å². The van der Waals surface area contributed by atoms with Crippen molar-refractivity contribution < 1.29 is 5.11 Å². The molecule has 3 aromatic rings. The van der Waals surface area contributed by atoms with E-state index in [1.165, 1.54) is 10.8 Å². The van der Waals surface area contributed by atoms with Crippen molar-refractivity contribution in [1.82, 2.24) is 9.97 Å². The summed E-state index contributed by atoms with van der Waals surface area (Å²) in [6.07, 6.45) is 3.92. The van der Waals surface area contributed by atoms with Crippen molar-refractivity contribution in [3.8, 4) is 11.3 Å². The number of rotatable bonds is 3. The summed E-state index contributed by atoms with van der Waals surface area (Å²) in [6.45, 7) is 0.176. The Hall–Kier alpha value is -2.13. The molecular formula is C17H16N2O. The second-order valence-corrected chi connectivity index (χ2v) is 5.61. The Morgan fingerprint density at radius 1 is 1.10 bits per heavy atom. The molecule has 0 unspecified atom stereocenters. The maximum Gasteiger partial charge on any atom is 0.115 e. The lowest BCUT2D eigenvalue weighted by Gasteiger charge is -2.07. The van der Waals surface area contributed by atoms with Crippen LogP contribution in [0.25, 0.3) is 22.0 Å². The number of hydrogen-bond acceptors (Lipinski definition) is 2. The topological polar surface area (TPSA) is 48.9 Å². The number of H-pyrrole nitrogens is 1. The SMILES string of the molecule is OCC1(c2ncc(-c3cccc4ccccc34)[nH]2)CC1. The largest absolute Gasteiger partial charge is 0.395 e. The van der Waals surface area contributed by atoms with Gasteiger partial charge in [0.1, 0.15) is 5.82 Å². The van der Waals surface area contributed by atoms with E-state index in [2.05, 4.69) is 52.4 Å². The summed E-state index contributed by atoms with van der Waals surface area (Å²) in [5.41, 5.74) is 2.08. The lowest BCUT2D eigenvalue weighted by Crippen LogP contribution is -2.13. The quantitative estimate of drug-likeness (QED) is 0.763. The lowest BCUT2D eigenvalue weighted by molar-refractivity contribution is 0.250. The van der Waals surface area contributed by atoms with Crippen molar-refractivity contribution in [3.63, 3.8) is 0 Å². The van der Waals surface area contributed by atoms with Gasteiger partial charge in [0, 0.05) is 5.56 Å². The third-order valence-corrected chi connectivity index (χ3v) is 4.31. The van der Waals surface area contributed by atoms with Crippen LogP contribution < -0.4 is 0 Å². The molecule has 0 radical (unpaired) electrons. The molecule has 1 saturated carbocycles. The summed E-state index contributed by atoms with van der Waals surface area (Å²) in [7, 11) is 0. The van der Waals surface area contributed by atoms with Gasteiger partial charge in [0.05, 0.1) is 23.9 Å². The number of aromatic nitrogens is 2. The highest BCUT2D eigenvalue weighted by atomic mass is 16.3. The summed E-state index contributed by atoms with van der Waals surface area (Å²) < 4.78 is 0. The Morgan fingerprint density at radius 2 is 1.90 bits per heavy atom. The van der Waals surface area contributed by atoms with E-state index in [0.29, 0.717) is 0 Å². The summed E-state index contributed by atoms with van der Waals surface area (Å²) in [5, 5.41) is 11.9. The molecule has 4 rings (SSSR count). The average Bonchev–Trinajstić information content (AvgIpc) is 3.16. The fourth-order valence-corrected chi connectivity index (χ4v) is 2.81. The molecule has 0 amide bonds. The number of aliphatic hydroxyl groups excluding tert-OH is 1. The molecule has 0 saturated heterocycles. The molecule has 0 aliphatic heterocycles.